The van der Waals surface area contributed by atoms with Crippen LogP contribution in [0.15, 0.2) is 12.3 Å². The van der Waals surface area contributed by atoms with Gasteiger partial charge in [0, 0.05) is 31.5 Å². The average Bonchev–Trinajstić information content (AvgIpc) is 2.38. The molecule has 98 valence electrons. The molecule has 1 saturated heterocycles. The van der Waals surface area contributed by atoms with Crippen molar-refractivity contribution in [1.29, 1.82) is 5.41 Å². The number of aromatic nitrogens is 1. The molecule has 1 fully saturated rings. The van der Waals surface area contributed by atoms with Crippen molar-refractivity contribution in [2.24, 2.45) is 11.7 Å². The van der Waals surface area contributed by atoms with Crippen molar-refractivity contribution < 1.29 is 5.11 Å². The van der Waals surface area contributed by atoms with Gasteiger partial charge in [-0.1, -0.05) is 11.6 Å². The van der Waals surface area contributed by atoms with Crippen LogP contribution in [-0.2, 0) is 0 Å². The smallest absolute Gasteiger partial charge is 0.148 e. The van der Waals surface area contributed by atoms with Crippen molar-refractivity contribution in [1.82, 2.24) is 4.98 Å². The summed E-state index contributed by atoms with van der Waals surface area (Å²) in [5.74, 6) is 0.861. The molecule has 5 nitrogen and oxygen atoms in total. The lowest BCUT2D eigenvalue weighted by molar-refractivity contribution is 0.208. The van der Waals surface area contributed by atoms with Crippen LogP contribution in [-0.4, -0.2) is 35.6 Å². The number of piperidine rings is 1. The summed E-state index contributed by atoms with van der Waals surface area (Å²) in [6.07, 6.45) is 3.64. The number of aliphatic hydroxyl groups is 1. The molecule has 0 radical (unpaired) electrons. The summed E-state index contributed by atoms with van der Waals surface area (Å²) in [5.41, 5.74) is 5.99. The number of nitrogens with one attached hydrogen (secondary N) is 1. The zero-order chi connectivity index (χ0) is 13.1. The van der Waals surface area contributed by atoms with Gasteiger partial charge in [-0.3, -0.25) is 5.41 Å². The number of aliphatic hydroxyl groups excluding tert-OH is 1. The number of anilines is 1. The fraction of sp³-hybridized carbons (Fsp3) is 0.500. The Labute approximate surface area is 111 Å². The van der Waals surface area contributed by atoms with Gasteiger partial charge >= 0.3 is 0 Å². The van der Waals surface area contributed by atoms with Crippen LogP contribution in [0.25, 0.3) is 0 Å². The monoisotopic (exact) mass is 268 g/mol. The predicted octanol–water partition coefficient (Wildman–Crippen LogP) is 1.23. The molecule has 0 bridgehead atoms. The van der Waals surface area contributed by atoms with E-state index in [4.69, 9.17) is 22.7 Å². The number of nitrogens with two attached hydrogens (primary N) is 1. The van der Waals surface area contributed by atoms with Crippen molar-refractivity contribution in [2.45, 2.75) is 12.8 Å². The number of pyridine rings is 1. The molecule has 2 rings (SSSR count). The van der Waals surface area contributed by atoms with Gasteiger partial charge in [-0.15, -0.1) is 0 Å². The van der Waals surface area contributed by atoms with Crippen LogP contribution in [0.5, 0.6) is 0 Å². The molecule has 0 amide bonds. The second-order valence-electron chi connectivity index (χ2n) is 4.55. The van der Waals surface area contributed by atoms with Gasteiger partial charge in [0.15, 0.2) is 0 Å². The van der Waals surface area contributed by atoms with E-state index in [0.29, 0.717) is 16.4 Å². The number of nitrogens with zero attached hydrogens (tertiary/aromatic N) is 2. The van der Waals surface area contributed by atoms with E-state index in [2.05, 4.69) is 9.88 Å². The molecule has 1 aromatic heterocycles. The second kappa shape index (κ2) is 5.54. The molecule has 1 atom stereocenters. The van der Waals surface area contributed by atoms with E-state index < -0.39 is 0 Å². The van der Waals surface area contributed by atoms with E-state index in [1.165, 1.54) is 0 Å². The molecule has 1 unspecified atom stereocenters. The SMILES string of the molecule is N=C(N)c1ccnc(N2CCCC(CO)C2)c1Cl. The Morgan fingerprint density at radius 1 is 1.67 bits per heavy atom. The minimum absolute atomic E-state index is 0.0561. The first-order valence-corrected chi connectivity index (χ1v) is 6.36. The van der Waals surface area contributed by atoms with Gasteiger partial charge in [0.2, 0.25) is 0 Å². The third-order valence-corrected chi connectivity index (χ3v) is 3.61. The summed E-state index contributed by atoms with van der Waals surface area (Å²) in [5, 5.41) is 17.1. The minimum atomic E-state index is -0.0561. The van der Waals surface area contributed by atoms with E-state index in [1.54, 1.807) is 12.3 Å². The highest BCUT2D eigenvalue weighted by molar-refractivity contribution is 6.36. The van der Waals surface area contributed by atoms with Crippen LogP contribution < -0.4 is 10.6 Å². The number of hydrogen-bond acceptors (Lipinski definition) is 4. The summed E-state index contributed by atoms with van der Waals surface area (Å²) in [6.45, 7) is 1.79. The molecule has 18 heavy (non-hydrogen) atoms. The van der Waals surface area contributed by atoms with Gasteiger partial charge in [0.1, 0.15) is 11.7 Å². The van der Waals surface area contributed by atoms with E-state index in [1.807, 2.05) is 0 Å². The Kier molecular flexibility index (Phi) is 4.04. The maximum atomic E-state index is 9.23. The van der Waals surface area contributed by atoms with E-state index >= 15 is 0 Å². The summed E-state index contributed by atoms with van der Waals surface area (Å²) < 4.78 is 0. The Bertz CT molecular complexity index is 452. The van der Waals surface area contributed by atoms with Crippen LogP contribution in [0.1, 0.15) is 18.4 Å². The Balaban J connectivity index is 2.27. The van der Waals surface area contributed by atoms with Gasteiger partial charge in [-0.25, -0.2) is 4.98 Å². The molecule has 2 heterocycles. The van der Waals surface area contributed by atoms with Crippen LogP contribution in [0.4, 0.5) is 5.82 Å². The molecule has 0 aliphatic carbocycles. The molecule has 0 spiro atoms. The molecule has 0 saturated carbocycles. The van der Waals surface area contributed by atoms with Crippen molar-refractivity contribution >= 4 is 23.3 Å². The normalized spacial score (nSPS) is 19.9. The maximum absolute atomic E-state index is 9.23. The number of nitrogen functional groups attached to an aromatic ring is 1. The standard InChI is InChI=1S/C12H17ClN4O/c13-10-9(11(14)15)3-4-16-12(10)17-5-1-2-8(6-17)7-18/h3-4,8,18H,1-2,5-7H2,(H3,14,15). The van der Waals surface area contributed by atoms with Crippen molar-refractivity contribution in [2.75, 3.05) is 24.6 Å². The van der Waals surface area contributed by atoms with Crippen LogP contribution in [0, 0.1) is 11.3 Å². The van der Waals surface area contributed by atoms with Gasteiger partial charge in [-0.05, 0) is 24.8 Å². The molecule has 1 aromatic rings. The van der Waals surface area contributed by atoms with E-state index in [-0.39, 0.29) is 18.4 Å². The largest absolute Gasteiger partial charge is 0.396 e. The fourth-order valence-corrected chi connectivity index (χ4v) is 2.60. The highest BCUT2D eigenvalue weighted by Crippen LogP contribution is 2.29. The van der Waals surface area contributed by atoms with Crippen molar-refractivity contribution in [3.8, 4) is 0 Å². The maximum Gasteiger partial charge on any atom is 0.148 e. The Morgan fingerprint density at radius 3 is 3.11 bits per heavy atom. The highest BCUT2D eigenvalue weighted by atomic mass is 35.5. The molecular formula is C12H17ClN4O. The van der Waals surface area contributed by atoms with E-state index in [9.17, 15) is 5.11 Å². The number of hydrogen-bond donors (Lipinski definition) is 3. The number of rotatable bonds is 3. The molecular weight excluding hydrogens is 252 g/mol. The first-order valence-electron chi connectivity index (χ1n) is 5.98. The first-order chi connectivity index (χ1) is 8.63. The number of halogens is 1. The third-order valence-electron chi connectivity index (χ3n) is 3.24. The predicted molar refractivity (Wildman–Crippen MR) is 72.3 cm³/mol. The fourth-order valence-electron chi connectivity index (χ4n) is 2.27. The highest BCUT2D eigenvalue weighted by Gasteiger charge is 2.23. The first kappa shape index (κ1) is 13.1. The molecule has 1 aliphatic heterocycles. The van der Waals surface area contributed by atoms with Crippen LogP contribution >= 0.6 is 11.6 Å². The summed E-state index contributed by atoms with van der Waals surface area (Å²) >= 11 is 6.24. The summed E-state index contributed by atoms with van der Waals surface area (Å²) in [6, 6.07) is 1.64. The lowest BCUT2D eigenvalue weighted by Crippen LogP contribution is -2.37. The van der Waals surface area contributed by atoms with Gasteiger partial charge < -0.3 is 15.7 Å². The summed E-state index contributed by atoms with van der Waals surface area (Å²) in [4.78, 5) is 6.33. The van der Waals surface area contributed by atoms with Gasteiger partial charge in [0.25, 0.3) is 0 Å². The molecule has 6 heteroatoms. The molecule has 1 aliphatic rings. The summed E-state index contributed by atoms with van der Waals surface area (Å²) in [7, 11) is 0. The Morgan fingerprint density at radius 2 is 2.44 bits per heavy atom. The lowest BCUT2D eigenvalue weighted by atomic mass is 9.99. The third kappa shape index (κ3) is 2.57. The second-order valence-corrected chi connectivity index (χ2v) is 4.92. The zero-order valence-electron chi connectivity index (χ0n) is 10.1. The van der Waals surface area contributed by atoms with Crippen LogP contribution in [0.3, 0.4) is 0 Å². The zero-order valence-corrected chi connectivity index (χ0v) is 10.8. The van der Waals surface area contributed by atoms with Gasteiger partial charge in [-0.2, -0.15) is 0 Å². The van der Waals surface area contributed by atoms with Gasteiger partial charge in [0.05, 0.1) is 5.02 Å². The average molecular weight is 269 g/mol. The van der Waals surface area contributed by atoms with Crippen LogP contribution in [0.2, 0.25) is 5.02 Å². The minimum Gasteiger partial charge on any atom is -0.396 e. The lowest BCUT2D eigenvalue weighted by Gasteiger charge is -2.33. The molecule has 0 aromatic carbocycles. The van der Waals surface area contributed by atoms with E-state index in [0.717, 1.165) is 25.9 Å². The van der Waals surface area contributed by atoms with Crippen molar-refractivity contribution in [3.05, 3.63) is 22.8 Å². The Hall–Kier alpha value is -1.33. The molecule has 4 N–H and O–H groups in total. The topological polar surface area (TPSA) is 86.2 Å². The quantitative estimate of drug-likeness (QED) is 0.568. The van der Waals surface area contributed by atoms with Crippen molar-refractivity contribution in [3.63, 3.8) is 0 Å². The number of amidine groups is 1.